The van der Waals surface area contributed by atoms with Gasteiger partial charge in [-0.15, -0.1) is 0 Å². The number of hydrogen-bond donors (Lipinski definition) is 3. The van der Waals surface area contributed by atoms with Crippen molar-refractivity contribution in [3.63, 3.8) is 0 Å². The zero-order chi connectivity index (χ0) is 15.6. The first-order chi connectivity index (χ1) is 10.1. The van der Waals surface area contributed by atoms with Crippen molar-refractivity contribution in [1.82, 2.24) is 10.6 Å². The van der Waals surface area contributed by atoms with Crippen molar-refractivity contribution in [2.75, 3.05) is 6.54 Å². The molecule has 0 bridgehead atoms. The molecular formula is C16H30N2O3. The maximum Gasteiger partial charge on any atom is 0.329 e. The van der Waals surface area contributed by atoms with Gasteiger partial charge in [-0.3, -0.25) is 0 Å². The van der Waals surface area contributed by atoms with E-state index < -0.39 is 11.5 Å². The minimum Gasteiger partial charge on any atom is -0.480 e. The molecule has 0 saturated heterocycles. The highest BCUT2D eigenvalue weighted by Crippen LogP contribution is 2.27. The molecule has 0 aliphatic heterocycles. The Morgan fingerprint density at radius 2 is 1.62 bits per heavy atom. The molecule has 1 aliphatic rings. The first kappa shape index (κ1) is 17.8. The zero-order valence-corrected chi connectivity index (χ0v) is 13.2. The number of amides is 2. The molecular weight excluding hydrogens is 268 g/mol. The molecule has 0 atom stereocenters. The zero-order valence-electron chi connectivity index (χ0n) is 13.2. The van der Waals surface area contributed by atoms with Gasteiger partial charge in [-0.1, -0.05) is 58.3 Å². The van der Waals surface area contributed by atoms with Crippen molar-refractivity contribution in [3.05, 3.63) is 0 Å². The number of urea groups is 1. The van der Waals surface area contributed by atoms with Crippen LogP contribution in [0, 0.1) is 0 Å². The molecule has 1 fully saturated rings. The quantitative estimate of drug-likeness (QED) is 0.474. The SMILES string of the molecule is CCCCCCCNC(=O)NC1(C(=O)O)CCCCCC1. The van der Waals surface area contributed by atoms with Gasteiger partial charge in [0.05, 0.1) is 0 Å². The number of nitrogens with one attached hydrogen (secondary N) is 2. The Balaban J connectivity index is 2.33. The molecule has 21 heavy (non-hydrogen) atoms. The van der Waals surface area contributed by atoms with Crippen LogP contribution in [-0.4, -0.2) is 29.2 Å². The van der Waals surface area contributed by atoms with E-state index in [1.165, 1.54) is 19.3 Å². The Kier molecular flexibility index (Phi) is 8.16. The van der Waals surface area contributed by atoms with Crippen LogP contribution >= 0.6 is 0 Å². The first-order valence-electron chi connectivity index (χ1n) is 8.40. The van der Waals surface area contributed by atoms with E-state index in [1.807, 2.05) is 0 Å². The molecule has 0 heterocycles. The van der Waals surface area contributed by atoms with E-state index in [9.17, 15) is 14.7 Å². The van der Waals surface area contributed by atoms with Gasteiger partial charge in [-0.05, 0) is 19.3 Å². The second kappa shape index (κ2) is 9.64. The normalized spacial score (nSPS) is 17.8. The van der Waals surface area contributed by atoms with Gasteiger partial charge in [0.2, 0.25) is 0 Å². The number of aliphatic carboxylic acids is 1. The maximum atomic E-state index is 11.9. The number of hydrogen-bond acceptors (Lipinski definition) is 2. The minimum atomic E-state index is -1.07. The van der Waals surface area contributed by atoms with Gasteiger partial charge in [-0.25, -0.2) is 9.59 Å². The van der Waals surface area contributed by atoms with E-state index in [4.69, 9.17) is 0 Å². The number of carbonyl (C=O) groups is 2. The predicted molar refractivity (Wildman–Crippen MR) is 83.4 cm³/mol. The number of carboxylic acid groups (broad SMARTS) is 1. The van der Waals surface area contributed by atoms with Gasteiger partial charge in [0.1, 0.15) is 5.54 Å². The number of carbonyl (C=O) groups excluding carboxylic acids is 1. The summed E-state index contributed by atoms with van der Waals surface area (Å²) in [4.78, 5) is 23.5. The highest BCUT2D eigenvalue weighted by atomic mass is 16.4. The molecule has 1 aliphatic carbocycles. The summed E-state index contributed by atoms with van der Waals surface area (Å²) in [5.74, 6) is -0.900. The Bertz CT molecular complexity index is 323. The van der Waals surface area contributed by atoms with Crippen LogP contribution in [0.5, 0.6) is 0 Å². The summed E-state index contributed by atoms with van der Waals surface area (Å²) in [6.45, 7) is 2.79. The van der Waals surface area contributed by atoms with Gasteiger partial charge in [-0.2, -0.15) is 0 Å². The molecule has 0 radical (unpaired) electrons. The van der Waals surface area contributed by atoms with Crippen molar-refractivity contribution < 1.29 is 14.7 Å². The molecule has 0 spiro atoms. The highest BCUT2D eigenvalue weighted by Gasteiger charge is 2.39. The number of unbranched alkanes of at least 4 members (excludes halogenated alkanes) is 4. The summed E-state index contributed by atoms with van der Waals surface area (Å²) in [7, 11) is 0. The third kappa shape index (κ3) is 6.36. The standard InChI is InChI=1S/C16H30N2O3/c1-2-3-4-7-10-13-17-15(21)18-16(14(19)20)11-8-5-6-9-12-16/h2-13H2,1H3,(H,19,20)(H2,17,18,21). The fourth-order valence-electron chi connectivity index (χ4n) is 2.92. The van der Waals surface area contributed by atoms with Gasteiger partial charge >= 0.3 is 12.0 Å². The average molecular weight is 298 g/mol. The summed E-state index contributed by atoms with van der Waals surface area (Å²) in [5, 5.41) is 15.0. The van der Waals surface area contributed by atoms with Gasteiger partial charge in [0, 0.05) is 6.54 Å². The van der Waals surface area contributed by atoms with Gasteiger partial charge in [0.15, 0.2) is 0 Å². The predicted octanol–water partition coefficient (Wildman–Crippen LogP) is 3.43. The molecule has 0 aromatic heterocycles. The van der Waals surface area contributed by atoms with Crippen LogP contribution in [-0.2, 0) is 4.79 Å². The maximum absolute atomic E-state index is 11.9. The van der Waals surface area contributed by atoms with E-state index in [0.717, 1.165) is 38.5 Å². The van der Waals surface area contributed by atoms with Crippen molar-refractivity contribution >= 4 is 12.0 Å². The van der Waals surface area contributed by atoms with E-state index in [0.29, 0.717) is 19.4 Å². The van der Waals surface area contributed by atoms with E-state index in [2.05, 4.69) is 17.6 Å². The monoisotopic (exact) mass is 298 g/mol. The molecule has 0 aromatic rings. The fraction of sp³-hybridized carbons (Fsp3) is 0.875. The lowest BCUT2D eigenvalue weighted by atomic mass is 9.90. The lowest BCUT2D eigenvalue weighted by Crippen LogP contribution is -2.57. The van der Waals surface area contributed by atoms with Crippen molar-refractivity contribution in [1.29, 1.82) is 0 Å². The summed E-state index contributed by atoms with van der Waals surface area (Å²) in [6.07, 6.45) is 10.6. The molecule has 0 unspecified atom stereocenters. The van der Waals surface area contributed by atoms with Crippen LogP contribution in [0.4, 0.5) is 4.79 Å². The Hall–Kier alpha value is -1.26. The second-order valence-corrected chi connectivity index (χ2v) is 6.10. The van der Waals surface area contributed by atoms with E-state index in [-0.39, 0.29) is 6.03 Å². The molecule has 3 N–H and O–H groups in total. The summed E-state index contributed by atoms with van der Waals surface area (Å²) in [5.41, 5.74) is -1.07. The van der Waals surface area contributed by atoms with Crippen LogP contribution in [0.15, 0.2) is 0 Å². The largest absolute Gasteiger partial charge is 0.480 e. The third-order valence-electron chi connectivity index (χ3n) is 4.29. The summed E-state index contributed by atoms with van der Waals surface area (Å²) >= 11 is 0. The van der Waals surface area contributed by atoms with Gasteiger partial charge < -0.3 is 15.7 Å². The van der Waals surface area contributed by atoms with Crippen molar-refractivity contribution in [2.45, 2.75) is 83.1 Å². The first-order valence-corrected chi connectivity index (χ1v) is 8.40. The smallest absolute Gasteiger partial charge is 0.329 e. The van der Waals surface area contributed by atoms with Crippen LogP contribution in [0.2, 0.25) is 0 Å². The molecule has 122 valence electrons. The molecule has 2 amide bonds. The molecule has 5 nitrogen and oxygen atoms in total. The summed E-state index contributed by atoms with van der Waals surface area (Å²) < 4.78 is 0. The number of carboxylic acids is 1. The minimum absolute atomic E-state index is 0.338. The van der Waals surface area contributed by atoms with Crippen LogP contribution in [0.1, 0.15) is 77.6 Å². The van der Waals surface area contributed by atoms with E-state index in [1.54, 1.807) is 0 Å². The topological polar surface area (TPSA) is 78.4 Å². The van der Waals surface area contributed by atoms with Crippen LogP contribution in [0.25, 0.3) is 0 Å². The Morgan fingerprint density at radius 1 is 1.00 bits per heavy atom. The molecule has 1 rings (SSSR count). The van der Waals surface area contributed by atoms with Crippen LogP contribution < -0.4 is 10.6 Å². The Labute approximate surface area is 127 Å². The molecule has 5 heteroatoms. The van der Waals surface area contributed by atoms with Crippen molar-refractivity contribution in [3.8, 4) is 0 Å². The highest BCUT2D eigenvalue weighted by molar-refractivity contribution is 5.86. The average Bonchev–Trinajstić information content (AvgIpc) is 2.69. The lowest BCUT2D eigenvalue weighted by molar-refractivity contribution is -0.145. The van der Waals surface area contributed by atoms with E-state index >= 15 is 0 Å². The number of rotatable bonds is 8. The molecule has 1 saturated carbocycles. The molecule has 0 aromatic carbocycles. The second-order valence-electron chi connectivity index (χ2n) is 6.10. The van der Waals surface area contributed by atoms with Crippen molar-refractivity contribution in [2.24, 2.45) is 0 Å². The van der Waals surface area contributed by atoms with Gasteiger partial charge in [0.25, 0.3) is 0 Å². The third-order valence-corrected chi connectivity index (χ3v) is 4.29. The van der Waals surface area contributed by atoms with Crippen LogP contribution in [0.3, 0.4) is 0 Å². The summed E-state index contributed by atoms with van der Waals surface area (Å²) in [6, 6.07) is -0.338. The Morgan fingerprint density at radius 3 is 2.19 bits per heavy atom. The lowest BCUT2D eigenvalue weighted by Gasteiger charge is -2.29. The fourth-order valence-corrected chi connectivity index (χ4v) is 2.92.